The highest BCUT2D eigenvalue weighted by molar-refractivity contribution is 7.99. The van der Waals surface area contributed by atoms with Gasteiger partial charge in [-0.25, -0.2) is 4.79 Å². The molecule has 2 heterocycles. The molecule has 0 aliphatic heterocycles. The Bertz CT molecular complexity index is 1720. The number of esters is 1. The number of carbonyl (C=O) groups is 3. The van der Waals surface area contributed by atoms with Gasteiger partial charge in [0, 0.05) is 22.7 Å². The first-order chi connectivity index (χ1) is 21.8. The van der Waals surface area contributed by atoms with E-state index in [0.29, 0.717) is 33.0 Å². The minimum Gasteiger partial charge on any atom is -0.497 e. The Morgan fingerprint density at radius 1 is 1.07 bits per heavy atom. The number of hydrogen-bond acceptors (Lipinski definition) is 11. The summed E-state index contributed by atoms with van der Waals surface area (Å²) in [4.78, 5) is 50.3. The SMILES string of the molecule is CCOC(=O)c1c(NC(=O)CSc2nnc(CNC(=O)Cc3ccc(OC)cc3)n2-c2ccc([N+](=O)[O-])cc2)sc2c1CCC2. The van der Waals surface area contributed by atoms with E-state index in [-0.39, 0.29) is 42.8 Å². The molecule has 2 aromatic heterocycles. The third-order valence-electron chi connectivity index (χ3n) is 6.97. The van der Waals surface area contributed by atoms with Gasteiger partial charge in [-0.15, -0.1) is 21.5 Å². The summed E-state index contributed by atoms with van der Waals surface area (Å²) < 4.78 is 12.0. The van der Waals surface area contributed by atoms with E-state index >= 15 is 0 Å². The Morgan fingerprint density at radius 2 is 1.82 bits per heavy atom. The van der Waals surface area contributed by atoms with Crippen molar-refractivity contribution in [1.29, 1.82) is 0 Å². The molecule has 0 saturated carbocycles. The van der Waals surface area contributed by atoms with Crippen molar-refractivity contribution in [1.82, 2.24) is 20.1 Å². The Balaban J connectivity index is 1.31. The average molecular weight is 651 g/mol. The number of carbonyl (C=O) groups excluding carboxylic acids is 3. The Hall–Kier alpha value is -4.76. The maximum Gasteiger partial charge on any atom is 0.341 e. The van der Waals surface area contributed by atoms with Gasteiger partial charge >= 0.3 is 5.97 Å². The van der Waals surface area contributed by atoms with Crippen LogP contribution >= 0.6 is 23.1 Å². The third kappa shape index (κ3) is 7.49. The number of methoxy groups -OCH3 is 1. The lowest BCUT2D eigenvalue weighted by Gasteiger charge is -2.11. The molecule has 2 N–H and O–H groups in total. The number of nitrogens with one attached hydrogen (secondary N) is 2. The fraction of sp³-hybridized carbons (Fsp3) is 0.300. The van der Waals surface area contributed by atoms with Gasteiger partial charge in [-0.3, -0.25) is 24.3 Å². The number of ether oxygens (including phenoxy) is 2. The monoisotopic (exact) mass is 650 g/mol. The topological polar surface area (TPSA) is 168 Å². The standard InChI is InChI=1S/C30H30N6O7S2/c1-3-43-29(39)27-22-5-4-6-23(22)45-28(27)32-26(38)17-44-30-34-33-24(35(30)19-9-11-20(12-10-19)36(40)41)16-31-25(37)15-18-7-13-21(42-2)14-8-18/h7-14H,3-6,15-17H2,1-2H3,(H,31,37)(H,32,38). The normalized spacial score (nSPS) is 12.0. The molecule has 0 fully saturated rings. The maximum atomic E-state index is 13.1. The molecule has 0 atom stereocenters. The minimum atomic E-state index is -0.499. The van der Waals surface area contributed by atoms with Crippen LogP contribution < -0.4 is 15.4 Å². The van der Waals surface area contributed by atoms with Crippen LogP contribution in [0.25, 0.3) is 5.69 Å². The molecule has 0 saturated heterocycles. The van der Waals surface area contributed by atoms with Crippen LogP contribution in [0, 0.1) is 10.1 Å². The number of fused-ring (bicyclic) bond motifs is 1. The van der Waals surface area contributed by atoms with E-state index < -0.39 is 10.9 Å². The number of aryl methyl sites for hydroxylation is 1. The molecule has 15 heteroatoms. The Labute approximate surface area is 266 Å². The molecule has 1 aliphatic carbocycles. The third-order valence-corrected chi connectivity index (χ3v) is 9.11. The summed E-state index contributed by atoms with van der Waals surface area (Å²) in [6, 6.07) is 13.0. The number of thiophene rings is 1. The fourth-order valence-corrected chi connectivity index (χ4v) is 6.93. The summed E-state index contributed by atoms with van der Waals surface area (Å²) in [6.45, 7) is 1.99. The quantitative estimate of drug-likeness (QED) is 0.0910. The van der Waals surface area contributed by atoms with Gasteiger partial charge in [0.25, 0.3) is 5.69 Å². The molecule has 0 radical (unpaired) electrons. The van der Waals surface area contributed by atoms with Crippen molar-refractivity contribution in [2.75, 3.05) is 24.8 Å². The number of non-ortho nitro benzene ring substituents is 1. The van der Waals surface area contributed by atoms with Crippen molar-refractivity contribution < 1.29 is 28.8 Å². The van der Waals surface area contributed by atoms with Gasteiger partial charge in [-0.1, -0.05) is 23.9 Å². The van der Waals surface area contributed by atoms with Gasteiger partial charge < -0.3 is 20.1 Å². The van der Waals surface area contributed by atoms with Crippen LogP contribution in [-0.4, -0.2) is 56.9 Å². The number of nitrogens with zero attached hydrogens (tertiary/aromatic N) is 4. The van der Waals surface area contributed by atoms with E-state index in [1.807, 2.05) is 0 Å². The number of nitro benzene ring substituents is 1. The number of nitro groups is 1. The number of aromatic nitrogens is 3. The summed E-state index contributed by atoms with van der Waals surface area (Å²) in [5, 5.41) is 26.2. The van der Waals surface area contributed by atoms with Crippen LogP contribution in [0.4, 0.5) is 10.7 Å². The van der Waals surface area contributed by atoms with Crippen molar-refractivity contribution in [3.8, 4) is 11.4 Å². The molecule has 0 bridgehead atoms. The van der Waals surface area contributed by atoms with Gasteiger partial charge in [-0.05, 0) is 61.6 Å². The van der Waals surface area contributed by atoms with Crippen molar-refractivity contribution >= 4 is 51.6 Å². The predicted molar refractivity (Wildman–Crippen MR) is 168 cm³/mol. The van der Waals surface area contributed by atoms with Gasteiger partial charge in [0.1, 0.15) is 10.8 Å². The maximum absolute atomic E-state index is 13.1. The predicted octanol–water partition coefficient (Wildman–Crippen LogP) is 4.50. The van der Waals surface area contributed by atoms with Crippen LogP contribution in [0.3, 0.4) is 0 Å². The molecule has 234 valence electrons. The molecule has 2 aromatic carbocycles. The summed E-state index contributed by atoms with van der Waals surface area (Å²) in [5.41, 5.74) is 2.60. The smallest absolute Gasteiger partial charge is 0.341 e. The van der Waals surface area contributed by atoms with Gasteiger partial charge in [0.2, 0.25) is 11.8 Å². The van der Waals surface area contributed by atoms with Crippen molar-refractivity contribution in [3.63, 3.8) is 0 Å². The Morgan fingerprint density at radius 3 is 2.51 bits per heavy atom. The van der Waals surface area contributed by atoms with Crippen molar-refractivity contribution in [3.05, 3.63) is 86.0 Å². The lowest BCUT2D eigenvalue weighted by molar-refractivity contribution is -0.384. The molecular formula is C30H30N6O7S2. The summed E-state index contributed by atoms with van der Waals surface area (Å²) in [7, 11) is 1.57. The minimum absolute atomic E-state index is 0.0232. The first-order valence-corrected chi connectivity index (χ1v) is 15.9. The number of benzene rings is 2. The second-order valence-corrected chi connectivity index (χ2v) is 12.0. The van der Waals surface area contributed by atoms with E-state index in [1.165, 1.54) is 23.5 Å². The van der Waals surface area contributed by atoms with E-state index in [4.69, 9.17) is 9.47 Å². The summed E-state index contributed by atoms with van der Waals surface area (Å²) in [6.07, 6.45) is 2.72. The number of anilines is 1. The molecule has 0 spiro atoms. The van der Waals surface area contributed by atoms with E-state index in [9.17, 15) is 24.5 Å². The van der Waals surface area contributed by atoms with E-state index in [0.717, 1.165) is 47.0 Å². The zero-order chi connectivity index (χ0) is 31.9. The van der Waals surface area contributed by atoms with E-state index in [2.05, 4.69) is 20.8 Å². The first kappa shape index (κ1) is 31.7. The van der Waals surface area contributed by atoms with Gasteiger partial charge in [0.15, 0.2) is 11.0 Å². The molecule has 4 aromatic rings. The summed E-state index contributed by atoms with van der Waals surface area (Å²) in [5.74, 6) is -0.0387. The number of thioether (sulfide) groups is 1. The highest BCUT2D eigenvalue weighted by Gasteiger charge is 2.28. The van der Waals surface area contributed by atoms with Crippen molar-refractivity contribution in [2.45, 2.75) is 44.3 Å². The zero-order valence-corrected chi connectivity index (χ0v) is 26.2. The largest absolute Gasteiger partial charge is 0.497 e. The van der Waals surface area contributed by atoms with Crippen LogP contribution in [0.5, 0.6) is 5.75 Å². The average Bonchev–Trinajstić information content (AvgIpc) is 3.74. The molecule has 0 unspecified atom stereocenters. The number of amides is 2. The molecule has 45 heavy (non-hydrogen) atoms. The van der Waals surface area contributed by atoms with Crippen molar-refractivity contribution in [2.24, 2.45) is 0 Å². The summed E-state index contributed by atoms with van der Waals surface area (Å²) >= 11 is 2.50. The number of hydrogen-bond donors (Lipinski definition) is 2. The molecule has 2 amide bonds. The highest BCUT2D eigenvalue weighted by atomic mass is 32.2. The molecule has 1 aliphatic rings. The lowest BCUT2D eigenvalue weighted by atomic mass is 10.1. The Kier molecular flexibility index (Phi) is 10.1. The first-order valence-electron chi connectivity index (χ1n) is 14.1. The second kappa shape index (κ2) is 14.3. The lowest BCUT2D eigenvalue weighted by Crippen LogP contribution is -2.26. The molecule has 13 nitrogen and oxygen atoms in total. The van der Waals surface area contributed by atoms with Crippen LogP contribution in [0.15, 0.2) is 53.7 Å². The van der Waals surface area contributed by atoms with Crippen LogP contribution in [0.1, 0.15) is 45.5 Å². The molecular weight excluding hydrogens is 620 g/mol. The van der Waals surface area contributed by atoms with Crippen LogP contribution in [-0.2, 0) is 40.1 Å². The van der Waals surface area contributed by atoms with Crippen LogP contribution in [0.2, 0.25) is 0 Å². The number of rotatable bonds is 13. The second-order valence-electron chi connectivity index (χ2n) is 9.93. The fourth-order valence-electron chi connectivity index (χ4n) is 4.86. The molecule has 5 rings (SSSR count). The van der Waals surface area contributed by atoms with Gasteiger partial charge in [-0.2, -0.15) is 0 Å². The highest BCUT2D eigenvalue weighted by Crippen LogP contribution is 2.39. The zero-order valence-electron chi connectivity index (χ0n) is 24.5. The van der Waals surface area contributed by atoms with Gasteiger partial charge in [0.05, 0.1) is 42.9 Å². The van der Waals surface area contributed by atoms with E-state index in [1.54, 1.807) is 55.0 Å².